The Labute approximate surface area is 162 Å². The number of likely N-dealkylation sites (tertiary alicyclic amines) is 1. The van der Waals surface area contributed by atoms with Gasteiger partial charge in [0.25, 0.3) is 5.91 Å². The number of hydrogen-bond acceptors (Lipinski definition) is 4. The van der Waals surface area contributed by atoms with Crippen molar-refractivity contribution in [1.82, 2.24) is 20.9 Å². The molecule has 1 aliphatic rings. The third-order valence-electron chi connectivity index (χ3n) is 4.27. The number of guanidine groups is 1. The van der Waals surface area contributed by atoms with Crippen LogP contribution < -0.4 is 20.7 Å². The molecule has 2 rings (SSSR count). The molecule has 10 heteroatoms. The Balaban J connectivity index is 1.69. The lowest BCUT2D eigenvalue weighted by Crippen LogP contribution is -2.47. The highest BCUT2D eigenvalue weighted by Crippen LogP contribution is 2.19. The van der Waals surface area contributed by atoms with Crippen LogP contribution in [-0.2, 0) is 0 Å². The number of ether oxygens (including phenoxy) is 1. The second kappa shape index (κ2) is 10.2. The van der Waals surface area contributed by atoms with Crippen molar-refractivity contribution in [2.24, 2.45) is 4.99 Å². The van der Waals surface area contributed by atoms with E-state index in [0.717, 1.165) is 0 Å². The van der Waals surface area contributed by atoms with Gasteiger partial charge in [-0.05, 0) is 24.6 Å². The van der Waals surface area contributed by atoms with Crippen LogP contribution >= 0.6 is 0 Å². The SMILES string of the molecule is CN=C(NCCNC(=O)c1cccc(OC)c1)NC1CCN(CC(F)(F)F)C1. The second-order valence-corrected chi connectivity index (χ2v) is 6.47. The number of nitrogens with zero attached hydrogens (tertiary/aromatic N) is 2. The van der Waals surface area contributed by atoms with Gasteiger partial charge in [0.05, 0.1) is 13.7 Å². The Bertz CT molecular complexity index is 681. The van der Waals surface area contributed by atoms with Gasteiger partial charge in [0.2, 0.25) is 0 Å². The zero-order valence-electron chi connectivity index (χ0n) is 16.0. The number of hydrogen-bond donors (Lipinski definition) is 3. The monoisotopic (exact) mass is 401 g/mol. The van der Waals surface area contributed by atoms with Crippen molar-refractivity contribution in [2.45, 2.75) is 18.6 Å². The number of carbonyl (C=O) groups is 1. The van der Waals surface area contributed by atoms with E-state index in [1.54, 1.807) is 31.3 Å². The Hall–Kier alpha value is -2.49. The third kappa shape index (κ3) is 7.26. The molecular weight excluding hydrogens is 375 g/mol. The third-order valence-corrected chi connectivity index (χ3v) is 4.27. The molecule has 156 valence electrons. The summed E-state index contributed by atoms with van der Waals surface area (Å²) in [6.07, 6.45) is -3.57. The van der Waals surface area contributed by atoms with Gasteiger partial charge in [0.15, 0.2) is 5.96 Å². The molecule has 1 aromatic carbocycles. The average molecular weight is 401 g/mol. The van der Waals surface area contributed by atoms with Crippen LogP contribution in [0.5, 0.6) is 5.75 Å². The van der Waals surface area contributed by atoms with Crippen molar-refractivity contribution in [1.29, 1.82) is 0 Å². The fourth-order valence-electron chi connectivity index (χ4n) is 2.96. The molecule has 1 aliphatic heterocycles. The molecule has 28 heavy (non-hydrogen) atoms. The molecule has 1 unspecified atom stereocenters. The molecule has 1 heterocycles. The molecule has 7 nitrogen and oxygen atoms in total. The summed E-state index contributed by atoms with van der Waals surface area (Å²) >= 11 is 0. The van der Waals surface area contributed by atoms with Gasteiger partial charge in [-0.3, -0.25) is 14.7 Å². The number of amides is 1. The fourth-order valence-corrected chi connectivity index (χ4v) is 2.96. The van der Waals surface area contributed by atoms with E-state index in [9.17, 15) is 18.0 Å². The number of aliphatic imine (C=N–C) groups is 1. The van der Waals surface area contributed by atoms with Gasteiger partial charge in [-0.1, -0.05) is 6.07 Å². The summed E-state index contributed by atoms with van der Waals surface area (Å²) in [4.78, 5) is 17.6. The Morgan fingerprint density at radius 2 is 2.07 bits per heavy atom. The van der Waals surface area contributed by atoms with Crippen LogP contribution in [0.15, 0.2) is 29.3 Å². The molecule has 0 aliphatic carbocycles. The highest BCUT2D eigenvalue weighted by molar-refractivity contribution is 5.94. The summed E-state index contributed by atoms with van der Waals surface area (Å²) in [5, 5.41) is 8.95. The number of halogens is 3. The van der Waals surface area contributed by atoms with Crippen LogP contribution in [0.25, 0.3) is 0 Å². The minimum atomic E-state index is -4.18. The Morgan fingerprint density at radius 3 is 2.75 bits per heavy atom. The molecule has 0 bridgehead atoms. The van der Waals surface area contributed by atoms with E-state index in [1.165, 1.54) is 12.0 Å². The summed E-state index contributed by atoms with van der Waals surface area (Å²) in [5.74, 6) is 0.878. The normalized spacial score (nSPS) is 18.0. The van der Waals surface area contributed by atoms with E-state index in [0.29, 0.717) is 49.9 Å². The first-order valence-corrected chi connectivity index (χ1v) is 8.99. The predicted octanol–water partition coefficient (Wildman–Crippen LogP) is 1.23. The molecule has 0 spiro atoms. The summed E-state index contributed by atoms with van der Waals surface area (Å²) < 4.78 is 42.5. The summed E-state index contributed by atoms with van der Waals surface area (Å²) in [7, 11) is 3.12. The van der Waals surface area contributed by atoms with Crippen molar-refractivity contribution in [2.75, 3.05) is 46.9 Å². The molecule has 1 saturated heterocycles. The number of nitrogens with one attached hydrogen (secondary N) is 3. The summed E-state index contributed by atoms with van der Waals surface area (Å²) in [5.41, 5.74) is 0.498. The molecular formula is C18H26F3N5O2. The maximum atomic E-state index is 12.5. The molecule has 0 radical (unpaired) electrons. The van der Waals surface area contributed by atoms with Crippen LogP contribution in [0.1, 0.15) is 16.8 Å². The standard InChI is InChI=1S/C18H26F3N5O2/c1-22-17(25-14-6-9-26(11-14)12-18(19,20)21)24-8-7-23-16(27)13-4-3-5-15(10-13)28-2/h3-5,10,14H,6-9,11-12H2,1-2H3,(H,23,27)(H2,22,24,25). The van der Waals surface area contributed by atoms with Crippen molar-refractivity contribution in [3.63, 3.8) is 0 Å². The molecule has 0 saturated carbocycles. The van der Waals surface area contributed by atoms with E-state index < -0.39 is 12.7 Å². The number of rotatable bonds is 7. The van der Waals surface area contributed by atoms with Crippen LogP contribution in [0.2, 0.25) is 0 Å². The first kappa shape index (κ1) is 21.8. The van der Waals surface area contributed by atoms with Crippen LogP contribution in [0.4, 0.5) is 13.2 Å². The minimum Gasteiger partial charge on any atom is -0.497 e. The zero-order chi connectivity index (χ0) is 20.6. The molecule has 1 atom stereocenters. The van der Waals surface area contributed by atoms with Crippen molar-refractivity contribution in [3.05, 3.63) is 29.8 Å². The smallest absolute Gasteiger partial charge is 0.401 e. The quantitative estimate of drug-likeness (QED) is 0.364. The number of alkyl halides is 3. The minimum absolute atomic E-state index is 0.0973. The van der Waals surface area contributed by atoms with Gasteiger partial charge < -0.3 is 20.7 Å². The maximum Gasteiger partial charge on any atom is 0.401 e. The number of methoxy groups -OCH3 is 1. The lowest BCUT2D eigenvalue weighted by molar-refractivity contribution is -0.143. The van der Waals surface area contributed by atoms with E-state index in [-0.39, 0.29) is 11.9 Å². The summed E-state index contributed by atoms with van der Waals surface area (Å²) in [6.45, 7) is 0.598. The van der Waals surface area contributed by atoms with Crippen LogP contribution in [-0.4, -0.2) is 75.9 Å². The lowest BCUT2D eigenvalue weighted by atomic mass is 10.2. The van der Waals surface area contributed by atoms with Gasteiger partial charge in [-0.15, -0.1) is 0 Å². The van der Waals surface area contributed by atoms with E-state index >= 15 is 0 Å². The second-order valence-electron chi connectivity index (χ2n) is 6.47. The van der Waals surface area contributed by atoms with Crippen molar-refractivity contribution >= 4 is 11.9 Å². The van der Waals surface area contributed by atoms with Gasteiger partial charge in [-0.2, -0.15) is 13.2 Å². The Kier molecular flexibility index (Phi) is 7.91. The van der Waals surface area contributed by atoms with E-state index in [4.69, 9.17) is 4.74 Å². The highest BCUT2D eigenvalue weighted by atomic mass is 19.4. The molecule has 1 aromatic rings. The molecule has 1 fully saturated rings. The highest BCUT2D eigenvalue weighted by Gasteiger charge is 2.34. The lowest BCUT2D eigenvalue weighted by Gasteiger charge is -2.19. The Morgan fingerprint density at radius 1 is 1.32 bits per heavy atom. The molecule has 0 aromatic heterocycles. The average Bonchev–Trinajstić information content (AvgIpc) is 3.08. The molecule has 3 N–H and O–H groups in total. The van der Waals surface area contributed by atoms with Crippen LogP contribution in [0.3, 0.4) is 0 Å². The van der Waals surface area contributed by atoms with E-state index in [2.05, 4.69) is 20.9 Å². The van der Waals surface area contributed by atoms with Gasteiger partial charge in [0, 0.05) is 44.8 Å². The van der Waals surface area contributed by atoms with Gasteiger partial charge in [-0.25, -0.2) is 0 Å². The fraction of sp³-hybridized carbons (Fsp3) is 0.556. The first-order chi connectivity index (χ1) is 13.3. The maximum absolute atomic E-state index is 12.5. The number of carbonyl (C=O) groups excluding carboxylic acids is 1. The van der Waals surface area contributed by atoms with Crippen molar-refractivity contribution in [3.8, 4) is 5.75 Å². The molecule has 1 amide bonds. The topological polar surface area (TPSA) is 78.0 Å². The van der Waals surface area contributed by atoms with E-state index in [1.807, 2.05) is 0 Å². The zero-order valence-corrected chi connectivity index (χ0v) is 16.0. The number of benzene rings is 1. The largest absolute Gasteiger partial charge is 0.497 e. The summed E-state index contributed by atoms with van der Waals surface area (Å²) in [6, 6.07) is 6.74. The van der Waals surface area contributed by atoms with Gasteiger partial charge in [0.1, 0.15) is 5.75 Å². The van der Waals surface area contributed by atoms with Crippen LogP contribution in [0, 0.1) is 0 Å². The first-order valence-electron chi connectivity index (χ1n) is 8.99. The predicted molar refractivity (Wildman–Crippen MR) is 101 cm³/mol. The van der Waals surface area contributed by atoms with Crippen molar-refractivity contribution < 1.29 is 22.7 Å². The van der Waals surface area contributed by atoms with Gasteiger partial charge >= 0.3 is 6.18 Å².